The second kappa shape index (κ2) is 37.6. The van der Waals surface area contributed by atoms with Gasteiger partial charge < -0.3 is 28.8 Å². The van der Waals surface area contributed by atoms with E-state index in [0.717, 1.165) is 25.7 Å². The van der Waals surface area contributed by atoms with Gasteiger partial charge in [0.15, 0.2) is 0 Å². The Morgan fingerprint density at radius 3 is 1.48 bits per heavy atom. The normalized spacial score (nSPS) is 14.6. The molecule has 9 heteroatoms. The average Bonchev–Trinajstić information content (AvgIpc) is 3.12. The third-order valence-electron chi connectivity index (χ3n) is 10.2. The number of phosphoric ester groups is 1. The molecule has 0 radical (unpaired) electrons. The van der Waals surface area contributed by atoms with Gasteiger partial charge in [-0.15, -0.1) is 0 Å². The van der Waals surface area contributed by atoms with Crippen molar-refractivity contribution in [2.24, 2.45) is 0 Å². The number of nitrogens with one attached hydrogen (secondary N) is 1. The highest BCUT2D eigenvalue weighted by Crippen LogP contribution is 2.38. The SMILES string of the molecule is CCCCCCCCCCCCCCCCCCCCCCCCCC/C=C/CC/C=C/C(O)C(COP(=O)([O-])OCC[N+](C)(C)C)NC(=O)CCCC. The van der Waals surface area contributed by atoms with E-state index < -0.39 is 26.6 Å². The number of hydrogen-bond acceptors (Lipinski definition) is 6. The zero-order valence-electron chi connectivity index (χ0n) is 36.2. The maximum absolute atomic E-state index is 12.3. The predicted molar refractivity (Wildman–Crippen MR) is 228 cm³/mol. The van der Waals surface area contributed by atoms with Gasteiger partial charge in [-0.1, -0.05) is 192 Å². The van der Waals surface area contributed by atoms with Crippen molar-refractivity contribution in [1.82, 2.24) is 5.32 Å². The van der Waals surface area contributed by atoms with E-state index in [9.17, 15) is 19.4 Å². The molecule has 8 nitrogen and oxygen atoms in total. The molecule has 2 N–H and O–H groups in total. The van der Waals surface area contributed by atoms with Crippen LogP contribution >= 0.6 is 7.82 Å². The smallest absolute Gasteiger partial charge is 0.268 e. The van der Waals surface area contributed by atoms with Crippen molar-refractivity contribution in [3.63, 3.8) is 0 Å². The first-order chi connectivity index (χ1) is 26.0. The Morgan fingerprint density at radius 1 is 0.630 bits per heavy atom. The van der Waals surface area contributed by atoms with Gasteiger partial charge in [0.25, 0.3) is 7.82 Å². The molecule has 3 unspecified atom stereocenters. The van der Waals surface area contributed by atoms with Crippen LogP contribution in [0.5, 0.6) is 0 Å². The minimum atomic E-state index is -4.57. The van der Waals surface area contributed by atoms with E-state index in [1.54, 1.807) is 6.08 Å². The molecular weight excluding hydrogens is 695 g/mol. The Kier molecular flexibility index (Phi) is 36.8. The molecule has 0 saturated carbocycles. The van der Waals surface area contributed by atoms with Gasteiger partial charge in [0.1, 0.15) is 13.2 Å². The lowest BCUT2D eigenvalue weighted by molar-refractivity contribution is -0.870. The number of phosphoric acid groups is 1. The largest absolute Gasteiger partial charge is 0.756 e. The fourth-order valence-corrected chi connectivity index (χ4v) is 7.22. The Bertz CT molecular complexity index is 938. The topological polar surface area (TPSA) is 108 Å². The van der Waals surface area contributed by atoms with Crippen LogP contribution in [0.25, 0.3) is 0 Å². The van der Waals surface area contributed by atoms with Gasteiger partial charge in [-0.3, -0.25) is 9.36 Å². The number of quaternary nitrogens is 1. The monoisotopic (exact) mass is 785 g/mol. The third-order valence-corrected chi connectivity index (χ3v) is 11.1. The number of aliphatic hydroxyl groups is 1. The molecule has 0 aromatic heterocycles. The van der Waals surface area contributed by atoms with Crippen LogP contribution in [0.3, 0.4) is 0 Å². The maximum Gasteiger partial charge on any atom is 0.268 e. The summed E-state index contributed by atoms with van der Waals surface area (Å²) in [6, 6.07) is -0.894. The van der Waals surface area contributed by atoms with E-state index in [4.69, 9.17) is 9.05 Å². The first-order valence-electron chi connectivity index (χ1n) is 22.7. The molecule has 0 saturated heterocycles. The molecule has 0 aliphatic heterocycles. The van der Waals surface area contributed by atoms with Gasteiger partial charge in [0.05, 0.1) is 39.9 Å². The molecule has 0 bridgehead atoms. The standard InChI is InChI=1S/C45H89N2O6P/c1-6-8-10-11-12-13-14-15-16-17-18-19-20-21-22-23-24-25-26-27-28-29-30-31-32-33-34-35-36-37-38-44(48)43(46-45(49)39-9-7-2)42-53-54(50,51)52-41-40-47(3,4)5/h33-34,37-38,43-44,48H,6-32,35-36,39-42H2,1-5H3,(H-,46,49,50,51)/b34-33+,38-37+. The van der Waals surface area contributed by atoms with E-state index >= 15 is 0 Å². The summed E-state index contributed by atoms with van der Waals surface area (Å²) in [5.41, 5.74) is 0. The molecule has 0 aliphatic rings. The molecule has 0 aromatic rings. The number of unbranched alkanes of at least 4 members (excludes halogenated alkanes) is 26. The van der Waals surface area contributed by atoms with E-state index in [1.165, 1.54) is 154 Å². The molecule has 0 aliphatic carbocycles. The van der Waals surface area contributed by atoms with Gasteiger partial charge in [-0.2, -0.15) is 0 Å². The summed E-state index contributed by atoms with van der Waals surface area (Å²) in [4.78, 5) is 24.6. The van der Waals surface area contributed by atoms with Crippen molar-refractivity contribution in [2.45, 2.75) is 219 Å². The van der Waals surface area contributed by atoms with Crippen LogP contribution in [0.1, 0.15) is 206 Å². The number of aliphatic hydroxyl groups excluding tert-OH is 1. The first-order valence-corrected chi connectivity index (χ1v) is 24.2. The molecule has 0 heterocycles. The van der Waals surface area contributed by atoms with Crippen LogP contribution in [-0.2, 0) is 18.4 Å². The summed E-state index contributed by atoms with van der Waals surface area (Å²) in [5.74, 6) is -0.242. The van der Waals surface area contributed by atoms with Gasteiger partial charge >= 0.3 is 0 Å². The highest BCUT2D eigenvalue weighted by molar-refractivity contribution is 7.45. The molecule has 0 aromatic carbocycles. The van der Waals surface area contributed by atoms with E-state index in [2.05, 4.69) is 24.4 Å². The van der Waals surface area contributed by atoms with Crippen LogP contribution in [0.4, 0.5) is 0 Å². The number of amides is 1. The molecule has 0 spiro atoms. The molecule has 0 fully saturated rings. The highest BCUT2D eigenvalue weighted by Gasteiger charge is 2.23. The molecule has 1 amide bonds. The second-order valence-corrected chi connectivity index (χ2v) is 18.2. The van der Waals surface area contributed by atoms with E-state index in [0.29, 0.717) is 23.9 Å². The van der Waals surface area contributed by atoms with Crippen molar-refractivity contribution < 1.29 is 32.9 Å². The van der Waals surface area contributed by atoms with E-state index in [1.807, 2.05) is 34.1 Å². The van der Waals surface area contributed by atoms with Gasteiger partial charge in [0.2, 0.25) is 5.91 Å². The molecule has 54 heavy (non-hydrogen) atoms. The van der Waals surface area contributed by atoms with Crippen molar-refractivity contribution in [2.75, 3.05) is 40.9 Å². The maximum atomic E-state index is 12.3. The minimum absolute atomic E-state index is 0.00650. The minimum Gasteiger partial charge on any atom is -0.756 e. The van der Waals surface area contributed by atoms with Gasteiger partial charge in [0, 0.05) is 6.42 Å². The van der Waals surface area contributed by atoms with Gasteiger partial charge in [-0.25, -0.2) is 0 Å². The number of carbonyl (C=O) groups is 1. The van der Waals surface area contributed by atoms with Crippen molar-refractivity contribution in [1.29, 1.82) is 0 Å². The zero-order chi connectivity index (χ0) is 40.0. The van der Waals surface area contributed by atoms with Crippen LogP contribution in [0, 0.1) is 0 Å². The molecular formula is C45H89N2O6P. The Hall–Kier alpha value is -1.02. The first kappa shape index (κ1) is 53.0. The van der Waals surface area contributed by atoms with Crippen LogP contribution in [0.2, 0.25) is 0 Å². The number of likely N-dealkylation sites (N-methyl/N-ethyl adjacent to an activating group) is 1. The molecule has 320 valence electrons. The van der Waals surface area contributed by atoms with Crippen LogP contribution in [-0.4, -0.2) is 68.5 Å². The third kappa shape index (κ3) is 39.2. The van der Waals surface area contributed by atoms with E-state index in [-0.39, 0.29) is 12.5 Å². The average molecular weight is 785 g/mol. The number of nitrogens with zero attached hydrogens (tertiary/aromatic N) is 1. The fourth-order valence-electron chi connectivity index (χ4n) is 6.50. The second-order valence-electron chi connectivity index (χ2n) is 16.8. The van der Waals surface area contributed by atoms with Crippen LogP contribution in [0.15, 0.2) is 24.3 Å². The highest BCUT2D eigenvalue weighted by atomic mass is 31.2. The van der Waals surface area contributed by atoms with Crippen LogP contribution < -0.4 is 10.2 Å². The number of hydrogen-bond donors (Lipinski definition) is 2. The number of allylic oxidation sites excluding steroid dienone is 3. The summed E-state index contributed by atoms with van der Waals surface area (Å²) in [6.07, 6.45) is 45.3. The number of carbonyl (C=O) groups excluding carboxylic acids is 1. The fraction of sp³-hybridized carbons (Fsp3) is 0.889. The lowest BCUT2D eigenvalue weighted by Crippen LogP contribution is -2.45. The quantitative estimate of drug-likeness (QED) is 0.0277. The lowest BCUT2D eigenvalue weighted by atomic mass is 10.0. The van der Waals surface area contributed by atoms with Crippen molar-refractivity contribution in [3.8, 4) is 0 Å². The lowest BCUT2D eigenvalue weighted by Gasteiger charge is -2.29. The van der Waals surface area contributed by atoms with Crippen molar-refractivity contribution >= 4 is 13.7 Å². The Balaban J connectivity index is 3.84. The Morgan fingerprint density at radius 2 is 1.04 bits per heavy atom. The summed E-state index contributed by atoms with van der Waals surface area (Å²) >= 11 is 0. The summed E-state index contributed by atoms with van der Waals surface area (Å²) in [6.45, 7) is 4.38. The number of rotatable bonds is 41. The summed E-state index contributed by atoms with van der Waals surface area (Å²) in [7, 11) is 1.24. The molecule has 3 atom stereocenters. The zero-order valence-corrected chi connectivity index (χ0v) is 37.1. The predicted octanol–water partition coefficient (Wildman–Crippen LogP) is 11.9. The summed E-state index contributed by atoms with van der Waals surface area (Å²) < 4.78 is 22.8. The summed E-state index contributed by atoms with van der Waals surface area (Å²) in [5, 5.41) is 13.5. The Labute approximate surface area is 334 Å². The van der Waals surface area contributed by atoms with Gasteiger partial charge in [-0.05, 0) is 32.1 Å². The van der Waals surface area contributed by atoms with Crippen molar-refractivity contribution in [3.05, 3.63) is 24.3 Å². The molecule has 0 rings (SSSR count).